The number of carbonyl (C=O) groups is 1. The quantitative estimate of drug-likeness (QED) is 0.458. The fraction of sp³-hybridized carbons (Fsp3) is 0.440. The molecule has 186 valence electrons. The van der Waals surface area contributed by atoms with Crippen LogP contribution in [0.15, 0.2) is 42.7 Å². The summed E-state index contributed by atoms with van der Waals surface area (Å²) in [5.74, 6) is -1.60. The lowest BCUT2D eigenvalue weighted by molar-refractivity contribution is -0.122. The molecule has 1 amide bonds. The van der Waals surface area contributed by atoms with E-state index in [2.05, 4.69) is 25.7 Å². The minimum atomic E-state index is -0.704. The van der Waals surface area contributed by atoms with Gasteiger partial charge in [0.25, 0.3) is 0 Å². The van der Waals surface area contributed by atoms with Gasteiger partial charge in [0, 0.05) is 35.3 Å². The second kappa shape index (κ2) is 9.91. The Morgan fingerprint density at radius 2 is 1.94 bits per heavy atom. The lowest BCUT2D eigenvalue weighted by Gasteiger charge is -2.30. The van der Waals surface area contributed by atoms with E-state index in [4.69, 9.17) is 16.3 Å². The zero-order valence-electron chi connectivity index (χ0n) is 20.4. The monoisotopic (exact) mass is 500 g/mol. The molecule has 35 heavy (non-hydrogen) atoms. The number of nitrogens with one attached hydrogen (secondary N) is 2. The number of carbonyl (C=O) groups excluding carboxylic acids is 1. The molecule has 2 aromatic heterocycles. The number of halogens is 2. The van der Waals surface area contributed by atoms with Gasteiger partial charge in [0.2, 0.25) is 17.8 Å². The van der Waals surface area contributed by atoms with Crippen LogP contribution in [0.2, 0.25) is 5.02 Å². The Hall–Kier alpha value is -3.04. The van der Waals surface area contributed by atoms with Gasteiger partial charge in [0.05, 0.1) is 41.2 Å². The molecule has 1 aromatic carbocycles. The van der Waals surface area contributed by atoms with Crippen LogP contribution in [0.3, 0.4) is 0 Å². The van der Waals surface area contributed by atoms with Crippen molar-refractivity contribution in [1.29, 1.82) is 0 Å². The van der Waals surface area contributed by atoms with Gasteiger partial charge in [-0.3, -0.25) is 4.79 Å². The zero-order chi connectivity index (χ0) is 25.3. The summed E-state index contributed by atoms with van der Waals surface area (Å²) in [6, 6.07) is 8.28. The van der Waals surface area contributed by atoms with E-state index in [9.17, 15) is 9.18 Å². The summed E-state index contributed by atoms with van der Waals surface area (Å²) in [5.41, 5.74) is 1.68. The second-order valence-electron chi connectivity index (χ2n) is 9.82. The molecule has 1 aliphatic heterocycles. The Morgan fingerprint density at radius 1 is 1.23 bits per heavy atom. The summed E-state index contributed by atoms with van der Waals surface area (Å²) < 4.78 is 22.4. The molecule has 3 heterocycles. The van der Waals surface area contributed by atoms with Gasteiger partial charge in [-0.25, -0.2) is 9.67 Å². The number of ether oxygens (including phenoxy) is 1. The number of anilines is 1. The van der Waals surface area contributed by atoms with E-state index in [1.54, 1.807) is 23.0 Å². The highest BCUT2D eigenvalue weighted by atomic mass is 35.5. The van der Waals surface area contributed by atoms with Crippen LogP contribution in [0, 0.1) is 11.9 Å². The van der Waals surface area contributed by atoms with Crippen molar-refractivity contribution in [1.82, 2.24) is 25.1 Å². The summed E-state index contributed by atoms with van der Waals surface area (Å²) in [5, 5.41) is 11.0. The van der Waals surface area contributed by atoms with E-state index in [-0.39, 0.29) is 35.5 Å². The van der Waals surface area contributed by atoms with E-state index in [0.29, 0.717) is 17.3 Å². The predicted octanol–water partition coefficient (Wildman–Crippen LogP) is 4.66. The Bertz CT molecular complexity index is 1190. The first-order valence-corrected chi connectivity index (χ1v) is 11.9. The Morgan fingerprint density at radius 3 is 2.63 bits per heavy atom. The molecule has 1 saturated heterocycles. The molecule has 3 aromatic rings. The first kappa shape index (κ1) is 25.1. The molecule has 4 rings (SSSR count). The van der Waals surface area contributed by atoms with Gasteiger partial charge in [-0.1, -0.05) is 11.6 Å². The van der Waals surface area contributed by atoms with Crippen molar-refractivity contribution in [2.24, 2.45) is 5.92 Å². The van der Waals surface area contributed by atoms with E-state index in [1.165, 1.54) is 6.07 Å². The normalized spacial score (nSPS) is 19.9. The van der Waals surface area contributed by atoms with Gasteiger partial charge in [-0.15, -0.1) is 0 Å². The van der Waals surface area contributed by atoms with E-state index >= 15 is 0 Å². The van der Waals surface area contributed by atoms with E-state index in [0.717, 1.165) is 11.3 Å². The molecule has 2 N–H and O–H groups in total. The number of rotatable bonds is 7. The third-order valence-electron chi connectivity index (χ3n) is 5.94. The van der Waals surface area contributed by atoms with Crippen molar-refractivity contribution in [3.63, 3.8) is 0 Å². The van der Waals surface area contributed by atoms with Crippen LogP contribution in [-0.2, 0) is 9.53 Å². The van der Waals surface area contributed by atoms with Crippen LogP contribution in [0.5, 0.6) is 0 Å². The van der Waals surface area contributed by atoms with Crippen LogP contribution in [0.1, 0.15) is 57.8 Å². The topological polar surface area (TPSA) is 94.0 Å². The molecule has 0 saturated carbocycles. The number of hydrogen-bond acceptors (Lipinski definition) is 6. The number of hydrogen-bond donors (Lipinski definition) is 2. The van der Waals surface area contributed by atoms with Gasteiger partial charge >= 0.3 is 0 Å². The lowest BCUT2D eigenvalue weighted by atomic mass is 9.88. The number of aromatic nitrogens is 4. The first-order valence-electron chi connectivity index (χ1n) is 11.6. The Labute approximate surface area is 209 Å². The number of amides is 1. The maximum Gasteiger partial charge on any atom is 0.229 e. The molecule has 1 fully saturated rings. The third kappa shape index (κ3) is 5.97. The summed E-state index contributed by atoms with van der Waals surface area (Å²) in [4.78, 5) is 21.1. The summed E-state index contributed by atoms with van der Waals surface area (Å²) in [6.07, 6.45) is 3.36. The van der Waals surface area contributed by atoms with Crippen molar-refractivity contribution in [2.45, 2.75) is 58.3 Å². The molecule has 0 bridgehead atoms. The maximum atomic E-state index is 14.5. The van der Waals surface area contributed by atoms with Gasteiger partial charge < -0.3 is 15.4 Å². The van der Waals surface area contributed by atoms with Gasteiger partial charge in [0.1, 0.15) is 0 Å². The predicted molar refractivity (Wildman–Crippen MR) is 132 cm³/mol. The number of nitrogens with zero attached hydrogens (tertiary/aromatic N) is 4. The van der Waals surface area contributed by atoms with E-state index in [1.807, 2.05) is 52.9 Å². The summed E-state index contributed by atoms with van der Waals surface area (Å²) >= 11 is 5.96. The summed E-state index contributed by atoms with van der Waals surface area (Å²) in [7, 11) is 0. The van der Waals surface area contributed by atoms with Gasteiger partial charge in [-0.05, 0) is 58.9 Å². The molecule has 0 radical (unpaired) electrons. The summed E-state index contributed by atoms with van der Waals surface area (Å²) in [6.45, 7) is 10.2. The molecule has 4 atom stereocenters. The minimum absolute atomic E-state index is 0.106. The SMILES string of the molecule is C[C@H](Nc1nc(F)cc([C@@H]2C(=O)NCC2[C@@H](C)OC(C)(C)C)n1)c1cnn(-c2ccc(Cl)cc2)c1. The minimum Gasteiger partial charge on any atom is -0.373 e. The maximum absolute atomic E-state index is 14.5. The van der Waals surface area contributed by atoms with Crippen LogP contribution < -0.4 is 10.6 Å². The number of benzene rings is 1. The van der Waals surface area contributed by atoms with Gasteiger partial charge in [-0.2, -0.15) is 14.5 Å². The highest BCUT2D eigenvalue weighted by Gasteiger charge is 2.42. The lowest BCUT2D eigenvalue weighted by Crippen LogP contribution is -2.34. The standard InChI is InChI=1S/C25H30ClFN6O2/c1-14(16-11-29-33(13-16)18-8-6-17(26)7-9-18)30-24-31-20(10-21(27)32-24)22-19(12-28-23(22)34)15(2)35-25(3,4)5/h6-11,13-15,19,22H,12H2,1-5H3,(H,28,34)(H,30,31,32)/t14-,15+,19?,22+/m0/s1. The van der Waals surface area contributed by atoms with Crippen LogP contribution in [0.4, 0.5) is 10.3 Å². The molecule has 0 aliphatic carbocycles. The average Bonchev–Trinajstić information content (AvgIpc) is 3.40. The molecular formula is C25H30ClFN6O2. The van der Waals surface area contributed by atoms with Crippen molar-refractivity contribution < 1.29 is 13.9 Å². The fourth-order valence-corrected chi connectivity index (χ4v) is 4.43. The third-order valence-corrected chi connectivity index (χ3v) is 6.19. The van der Waals surface area contributed by atoms with E-state index < -0.39 is 11.9 Å². The highest BCUT2D eigenvalue weighted by Crippen LogP contribution is 2.34. The molecular weight excluding hydrogens is 471 g/mol. The highest BCUT2D eigenvalue weighted by molar-refractivity contribution is 6.30. The molecule has 1 unspecified atom stereocenters. The van der Waals surface area contributed by atoms with Crippen molar-refractivity contribution in [3.05, 3.63) is 65.0 Å². The van der Waals surface area contributed by atoms with Crippen molar-refractivity contribution in [2.75, 3.05) is 11.9 Å². The second-order valence-corrected chi connectivity index (χ2v) is 10.3. The zero-order valence-corrected chi connectivity index (χ0v) is 21.2. The van der Waals surface area contributed by atoms with Crippen LogP contribution in [-0.4, -0.2) is 43.9 Å². The fourth-order valence-electron chi connectivity index (χ4n) is 4.31. The van der Waals surface area contributed by atoms with Crippen molar-refractivity contribution >= 4 is 23.5 Å². The average molecular weight is 501 g/mol. The van der Waals surface area contributed by atoms with Crippen LogP contribution >= 0.6 is 11.6 Å². The smallest absolute Gasteiger partial charge is 0.229 e. The Kier molecular flexibility index (Phi) is 7.10. The first-order chi connectivity index (χ1) is 16.5. The Balaban J connectivity index is 1.53. The largest absolute Gasteiger partial charge is 0.373 e. The van der Waals surface area contributed by atoms with Gasteiger partial charge in [0.15, 0.2) is 0 Å². The molecule has 0 spiro atoms. The molecule has 10 heteroatoms. The molecule has 8 nitrogen and oxygen atoms in total. The van der Waals surface area contributed by atoms with Crippen molar-refractivity contribution in [3.8, 4) is 5.69 Å². The molecule has 1 aliphatic rings. The van der Waals surface area contributed by atoms with Crippen LogP contribution in [0.25, 0.3) is 5.69 Å².